The number of amides is 2. The van der Waals surface area contributed by atoms with Gasteiger partial charge in [-0.2, -0.15) is 0 Å². The van der Waals surface area contributed by atoms with Crippen molar-refractivity contribution in [1.82, 2.24) is 10.9 Å². The molecule has 2 N–H and O–H groups in total. The van der Waals surface area contributed by atoms with E-state index < -0.39 is 11.8 Å². The van der Waals surface area contributed by atoms with E-state index in [9.17, 15) is 9.59 Å². The number of para-hydroxylation sites is 1. The van der Waals surface area contributed by atoms with Crippen LogP contribution in [0.1, 0.15) is 43.6 Å². The summed E-state index contributed by atoms with van der Waals surface area (Å²) in [6.45, 7) is 7.51. The average molecular weight is 428 g/mol. The number of rotatable bonds is 7. The molecule has 1 heterocycles. The van der Waals surface area contributed by atoms with Gasteiger partial charge < -0.3 is 18.9 Å². The second-order valence-electron chi connectivity index (χ2n) is 8.11. The summed E-state index contributed by atoms with van der Waals surface area (Å²) in [4.78, 5) is 24.5. The van der Waals surface area contributed by atoms with Crippen molar-refractivity contribution >= 4 is 11.8 Å². The lowest BCUT2D eigenvalue weighted by Gasteiger charge is -2.18. The van der Waals surface area contributed by atoms with Crippen molar-refractivity contribution in [2.24, 2.45) is 0 Å². The maximum absolute atomic E-state index is 12.4. The number of carbonyl (C=O) groups is 2. The summed E-state index contributed by atoms with van der Waals surface area (Å²) >= 11 is 0. The predicted molar refractivity (Wildman–Crippen MR) is 115 cm³/mol. The Hall–Kier alpha value is -3.42. The molecule has 0 bridgehead atoms. The molecule has 1 aliphatic rings. The largest absolute Gasteiger partial charge is 0.493 e. The van der Waals surface area contributed by atoms with Gasteiger partial charge in [0.15, 0.2) is 29.6 Å². The molecule has 0 radical (unpaired) electrons. The van der Waals surface area contributed by atoms with E-state index in [-0.39, 0.29) is 18.3 Å². The monoisotopic (exact) mass is 428 g/mol. The number of fused-ring (bicyclic) bond motifs is 1. The molecule has 1 aliphatic heterocycles. The zero-order chi connectivity index (χ0) is 22.6. The molecule has 0 unspecified atom stereocenters. The lowest BCUT2D eigenvalue weighted by atomic mass is 10.0. The van der Waals surface area contributed by atoms with Crippen molar-refractivity contribution in [3.63, 3.8) is 0 Å². The Balaban J connectivity index is 1.54. The normalized spacial score (nSPS) is 13.7. The van der Waals surface area contributed by atoms with Crippen molar-refractivity contribution in [3.05, 3.63) is 47.5 Å². The highest BCUT2D eigenvalue weighted by molar-refractivity contribution is 5.96. The van der Waals surface area contributed by atoms with Gasteiger partial charge >= 0.3 is 0 Å². The molecule has 2 aromatic rings. The van der Waals surface area contributed by atoms with Crippen LogP contribution in [0.15, 0.2) is 36.4 Å². The highest BCUT2D eigenvalue weighted by atomic mass is 16.5. The zero-order valence-electron chi connectivity index (χ0n) is 18.4. The molecule has 0 atom stereocenters. The van der Waals surface area contributed by atoms with Gasteiger partial charge in [0.25, 0.3) is 11.8 Å². The first-order valence-corrected chi connectivity index (χ1v) is 10.1. The van der Waals surface area contributed by atoms with E-state index in [0.717, 1.165) is 12.0 Å². The minimum absolute atomic E-state index is 0.0322. The van der Waals surface area contributed by atoms with Crippen LogP contribution in [-0.2, 0) is 11.2 Å². The summed E-state index contributed by atoms with van der Waals surface area (Å²) in [5, 5.41) is 0. The number of methoxy groups -OCH3 is 1. The second-order valence-corrected chi connectivity index (χ2v) is 8.11. The van der Waals surface area contributed by atoms with Gasteiger partial charge in [-0.15, -0.1) is 0 Å². The van der Waals surface area contributed by atoms with E-state index in [4.69, 9.17) is 18.9 Å². The molecule has 2 aromatic carbocycles. The van der Waals surface area contributed by atoms with E-state index >= 15 is 0 Å². The number of hydrogen-bond acceptors (Lipinski definition) is 6. The Bertz CT molecular complexity index is 971. The molecule has 0 fully saturated rings. The molecule has 0 aliphatic carbocycles. The number of nitrogens with one attached hydrogen (secondary N) is 2. The van der Waals surface area contributed by atoms with Crippen molar-refractivity contribution in [2.75, 3.05) is 13.7 Å². The zero-order valence-corrected chi connectivity index (χ0v) is 18.4. The van der Waals surface area contributed by atoms with Crippen molar-refractivity contribution in [2.45, 2.75) is 45.8 Å². The molecule has 0 aromatic heterocycles. The smallest absolute Gasteiger partial charge is 0.276 e. The molecular weight excluding hydrogens is 400 g/mol. The SMILES string of the molecule is COc1cc(C(=O)NNC(=O)COc2cccc3c2OC(C)(C)C3)ccc1OC(C)C. The fraction of sp³-hybridized carbons (Fsp3) is 0.391. The molecule has 3 rings (SSSR count). The van der Waals surface area contributed by atoms with Crippen LogP contribution in [0, 0.1) is 0 Å². The van der Waals surface area contributed by atoms with Crippen LogP contribution < -0.4 is 29.8 Å². The van der Waals surface area contributed by atoms with Crippen LogP contribution in [0.4, 0.5) is 0 Å². The van der Waals surface area contributed by atoms with Crippen LogP contribution in [0.2, 0.25) is 0 Å². The first-order valence-electron chi connectivity index (χ1n) is 10.1. The summed E-state index contributed by atoms with van der Waals surface area (Å²) < 4.78 is 22.4. The van der Waals surface area contributed by atoms with Crippen LogP contribution >= 0.6 is 0 Å². The fourth-order valence-corrected chi connectivity index (χ4v) is 3.24. The molecule has 0 saturated carbocycles. The highest BCUT2D eigenvalue weighted by Gasteiger charge is 2.32. The van der Waals surface area contributed by atoms with Crippen LogP contribution in [-0.4, -0.2) is 37.2 Å². The van der Waals surface area contributed by atoms with Crippen LogP contribution in [0.25, 0.3) is 0 Å². The van der Waals surface area contributed by atoms with Crippen molar-refractivity contribution < 1.29 is 28.5 Å². The minimum atomic E-state index is -0.505. The lowest BCUT2D eigenvalue weighted by Crippen LogP contribution is -2.43. The molecule has 0 spiro atoms. The Morgan fingerprint density at radius 1 is 1.10 bits per heavy atom. The number of carbonyl (C=O) groups excluding carboxylic acids is 2. The maximum Gasteiger partial charge on any atom is 0.276 e. The summed E-state index contributed by atoms with van der Waals surface area (Å²) in [5.74, 6) is 1.11. The second kappa shape index (κ2) is 9.16. The van der Waals surface area contributed by atoms with Crippen molar-refractivity contribution in [1.29, 1.82) is 0 Å². The maximum atomic E-state index is 12.4. The number of hydrazine groups is 1. The van der Waals surface area contributed by atoms with E-state index in [1.165, 1.54) is 7.11 Å². The average Bonchev–Trinajstić information content (AvgIpc) is 3.04. The summed E-state index contributed by atoms with van der Waals surface area (Å²) in [7, 11) is 1.49. The predicted octanol–water partition coefficient (Wildman–Crippen LogP) is 3.04. The van der Waals surface area contributed by atoms with E-state index in [1.54, 1.807) is 24.3 Å². The van der Waals surface area contributed by atoms with Gasteiger partial charge in [-0.1, -0.05) is 12.1 Å². The molecule has 8 heteroatoms. The summed E-state index contributed by atoms with van der Waals surface area (Å²) in [6.07, 6.45) is 0.738. The van der Waals surface area contributed by atoms with E-state index in [0.29, 0.717) is 28.6 Å². The van der Waals surface area contributed by atoms with Gasteiger partial charge in [0, 0.05) is 17.5 Å². The number of hydrogen-bond donors (Lipinski definition) is 2. The topological polar surface area (TPSA) is 95.1 Å². The van der Waals surface area contributed by atoms with Crippen LogP contribution in [0.3, 0.4) is 0 Å². The Kier molecular flexibility index (Phi) is 6.58. The van der Waals surface area contributed by atoms with Gasteiger partial charge in [0.2, 0.25) is 0 Å². The lowest BCUT2D eigenvalue weighted by molar-refractivity contribution is -0.123. The third-order valence-corrected chi connectivity index (χ3v) is 4.52. The Morgan fingerprint density at radius 2 is 1.87 bits per heavy atom. The molecule has 8 nitrogen and oxygen atoms in total. The number of benzene rings is 2. The van der Waals surface area contributed by atoms with Gasteiger partial charge in [0.05, 0.1) is 13.2 Å². The third kappa shape index (κ3) is 5.59. The van der Waals surface area contributed by atoms with Crippen LogP contribution in [0.5, 0.6) is 23.0 Å². The Morgan fingerprint density at radius 3 is 2.58 bits per heavy atom. The quantitative estimate of drug-likeness (QED) is 0.659. The third-order valence-electron chi connectivity index (χ3n) is 4.52. The Labute approximate surface area is 181 Å². The van der Waals surface area contributed by atoms with Crippen molar-refractivity contribution in [3.8, 4) is 23.0 Å². The molecular formula is C23H28N2O6. The molecule has 2 amide bonds. The van der Waals surface area contributed by atoms with Gasteiger partial charge in [-0.25, -0.2) is 0 Å². The minimum Gasteiger partial charge on any atom is -0.493 e. The fourth-order valence-electron chi connectivity index (χ4n) is 3.24. The highest BCUT2D eigenvalue weighted by Crippen LogP contribution is 2.41. The van der Waals surface area contributed by atoms with E-state index in [1.807, 2.05) is 39.8 Å². The van der Waals surface area contributed by atoms with E-state index in [2.05, 4.69) is 10.9 Å². The standard InChI is InChI=1S/C23H28N2O6/c1-14(2)30-17-10-9-15(11-19(17)28-5)22(27)25-24-20(26)13-29-18-8-6-7-16-12-23(3,4)31-21(16)18/h6-11,14H,12-13H2,1-5H3,(H,24,26)(H,25,27). The summed E-state index contributed by atoms with van der Waals surface area (Å²) in [6, 6.07) is 10.4. The first kappa shape index (κ1) is 22.3. The van der Waals surface area contributed by atoms with Gasteiger partial charge in [-0.05, 0) is 52.0 Å². The van der Waals surface area contributed by atoms with Gasteiger partial charge in [0.1, 0.15) is 5.60 Å². The first-order chi connectivity index (χ1) is 14.7. The molecule has 166 valence electrons. The molecule has 31 heavy (non-hydrogen) atoms. The molecule has 0 saturated heterocycles. The van der Waals surface area contributed by atoms with Gasteiger partial charge in [-0.3, -0.25) is 20.4 Å². The summed E-state index contributed by atoms with van der Waals surface area (Å²) in [5.41, 5.74) is 5.75. The number of ether oxygens (including phenoxy) is 4.